The van der Waals surface area contributed by atoms with Gasteiger partial charge in [-0.3, -0.25) is 0 Å². The first-order valence-electron chi connectivity index (χ1n) is 6.66. The zero-order valence-corrected chi connectivity index (χ0v) is 11.9. The van der Waals surface area contributed by atoms with Crippen molar-refractivity contribution < 1.29 is 0 Å². The third-order valence-corrected chi connectivity index (χ3v) is 3.95. The van der Waals surface area contributed by atoms with Crippen LogP contribution in [0.5, 0.6) is 0 Å². The second kappa shape index (κ2) is 5.65. The Kier molecular flexibility index (Phi) is 4.17. The minimum absolute atomic E-state index is 0.202. The van der Waals surface area contributed by atoms with Crippen LogP contribution in [0.4, 0.5) is 5.82 Å². The lowest BCUT2D eigenvalue weighted by Crippen LogP contribution is -2.47. The molecule has 1 aromatic rings. The Morgan fingerprint density at radius 1 is 1.39 bits per heavy atom. The Morgan fingerprint density at radius 3 is 2.72 bits per heavy atom. The monoisotopic (exact) mass is 263 g/mol. The van der Waals surface area contributed by atoms with Crippen molar-refractivity contribution in [1.82, 2.24) is 10.3 Å². The molecule has 1 fully saturated rings. The van der Waals surface area contributed by atoms with Gasteiger partial charge in [-0.1, -0.05) is 25.8 Å². The molecule has 0 amide bonds. The minimum Gasteiger partial charge on any atom is -0.357 e. The molecule has 98 valence electrons. The van der Waals surface area contributed by atoms with Gasteiger partial charge in [0.2, 0.25) is 0 Å². The summed E-state index contributed by atoms with van der Waals surface area (Å²) in [6, 6.07) is 5.90. The smallest absolute Gasteiger partial charge is 0.172 e. The first-order valence-corrected chi connectivity index (χ1v) is 7.07. The van der Waals surface area contributed by atoms with Crippen LogP contribution in [0.15, 0.2) is 18.2 Å². The number of rotatable bonds is 3. The van der Waals surface area contributed by atoms with Crippen molar-refractivity contribution in [2.24, 2.45) is 0 Å². The van der Waals surface area contributed by atoms with Crippen LogP contribution in [-0.2, 0) is 0 Å². The van der Waals surface area contributed by atoms with E-state index in [1.807, 2.05) is 25.1 Å². The molecule has 1 aliphatic carbocycles. The summed E-state index contributed by atoms with van der Waals surface area (Å²) in [6.07, 6.45) is 6.15. The van der Waals surface area contributed by atoms with Gasteiger partial charge in [-0.25, -0.2) is 4.98 Å². The fourth-order valence-electron chi connectivity index (χ4n) is 2.62. The third-order valence-electron chi connectivity index (χ3n) is 3.75. The van der Waals surface area contributed by atoms with Crippen molar-refractivity contribution in [3.8, 4) is 0 Å². The van der Waals surface area contributed by atoms with Crippen molar-refractivity contribution in [2.75, 3.05) is 5.32 Å². The summed E-state index contributed by atoms with van der Waals surface area (Å²) in [4.78, 5) is 4.40. The lowest BCUT2D eigenvalue weighted by Gasteiger charge is -2.30. The maximum atomic E-state index is 5.39. The highest BCUT2D eigenvalue weighted by Gasteiger charge is 2.32. The quantitative estimate of drug-likeness (QED) is 0.820. The maximum Gasteiger partial charge on any atom is 0.172 e. The van der Waals surface area contributed by atoms with Crippen LogP contribution >= 0.6 is 12.2 Å². The molecule has 1 aromatic heterocycles. The number of aromatic nitrogens is 1. The lowest BCUT2D eigenvalue weighted by atomic mass is 9.95. The molecule has 0 radical (unpaired) electrons. The van der Waals surface area contributed by atoms with Gasteiger partial charge in [-0.05, 0) is 50.5 Å². The molecule has 1 saturated carbocycles. The van der Waals surface area contributed by atoms with Gasteiger partial charge in [-0.15, -0.1) is 0 Å². The number of nitrogens with zero attached hydrogens (tertiary/aromatic N) is 1. The number of pyridine rings is 1. The Balaban J connectivity index is 1.96. The fourth-order valence-corrected chi connectivity index (χ4v) is 2.94. The van der Waals surface area contributed by atoms with E-state index in [1.165, 1.54) is 25.7 Å². The Hall–Kier alpha value is -1.16. The third kappa shape index (κ3) is 3.19. The van der Waals surface area contributed by atoms with Crippen LogP contribution in [0, 0.1) is 6.92 Å². The summed E-state index contributed by atoms with van der Waals surface area (Å²) < 4.78 is 0. The molecule has 0 bridgehead atoms. The predicted molar refractivity (Wildman–Crippen MR) is 79.8 cm³/mol. The minimum atomic E-state index is 0.202. The second-order valence-electron chi connectivity index (χ2n) is 5.08. The summed E-state index contributed by atoms with van der Waals surface area (Å²) in [5.74, 6) is 0.816. The van der Waals surface area contributed by atoms with Gasteiger partial charge in [0.15, 0.2) is 5.11 Å². The van der Waals surface area contributed by atoms with Gasteiger partial charge in [0.05, 0.1) is 0 Å². The molecule has 0 unspecified atom stereocenters. The van der Waals surface area contributed by atoms with Crippen molar-refractivity contribution in [3.05, 3.63) is 23.9 Å². The number of hydrogen-bond acceptors (Lipinski definition) is 2. The summed E-state index contributed by atoms with van der Waals surface area (Å²) in [5, 5.41) is 7.36. The average molecular weight is 263 g/mol. The van der Waals surface area contributed by atoms with E-state index in [1.54, 1.807) is 0 Å². The number of thiocarbonyl (C=S) groups is 1. The Morgan fingerprint density at radius 2 is 2.11 bits per heavy atom. The standard InChI is InChI=1S/C14H21N3S/c1-3-14(9-4-5-10-14)17-13(18)16-12-8-6-7-11(2)15-12/h6-8H,3-5,9-10H2,1-2H3,(H2,15,16,17,18). The molecule has 18 heavy (non-hydrogen) atoms. The molecular formula is C14H21N3S. The van der Waals surface area contributed by atoms with E-state index in [9.17, 15) is 0 Å². The van der Waals surface area contributed by atoms with Crippen molar-refractivity contribution in [3.63, 3.8) is 0 Å². The fraction of sp³-hybridized carbons (Fsp3) is 0.571. The van der Waals surface area contributed by atoms with Gasteiger partial charge in [0, 0.05) is 11.2 Å². The number of hydrogen-bond donors (Lipinski definition) is 2. The van der Waals surface area contributed by atoms with Crippen LogP contribution in [0.25, 0.3) is 0 Å². The number of nitrogens with one attached hydrogen (secondary N) is 2. The first kappa shape index (κ1) is 13.3. The number of aryl methyl sites for hydroxylation is 1. The van der Waals surface area contributed by atoms with Gasteiger partial charge >= 0.3 is 0 Å². The zero-order chi connectivity index (χ0) is 13.0. The van der Waals surface area contributed by atoms with Crippen LogP contribution in [0.3, 0.4) is 0 Å². The molecule has 1 heterocycles. The van der Waals surface area contributed by atoms with E-state index in [0.717, 1.165) is 17.9 Å². The molecule has 3 nitrogen and oxygen atoms in total. The highest BCUT2D eigenvalue weighted by atomic mass is 32.1. The van der Waals surface area contributed by atoms with Gasteiger partial charge in [0.1, 0.15) is 5.82 Å². The normalized spacial score (nSPS) is 17.4. The summed E-state index contributed by atoms with van der Waals surface area (Å²) in [7, 11) is 0. The van der Waals surface area contributed by atoms with Crippen LogP contribution in [0.2, 0.25) is 0 Å². The van der Waals surface area contributed by atoms with Crippen LogP contribution in [-0.4, -0.2) is 15.6 Å². The topological polar surface area (TPSA) is 37.0 Å². The van der Waals surface area contributed by atoms with E-state index in [2.05, 4.69) is 22.5 Å². The first-order chi connectivity index (χ1) is 8.63. The van der Waals surface area contributed by atoms with Gasteiger partial charge in [-0.2, -0.15) is 0 Å². The average Bonchev–Trinajstić information content (AvgIpc) is 2.78. The molecule has 2 N–H and O–H groups in total. The van der Waals surface area contributed by atoms with E-state index in [-0.39, 0.29) is 5.54 Å². The molecular weight excluding hydrogens is 242 g/mol. The second-order valence-corrected chi connectivity index (χ2v) is 5.49. The van der Waals surface area contributed by atoms with E-state index in [4.69, 9.17) is 12.2 Å². The maximum absolute atomic E-state index is 5.39. The van der Waals surface area contributed by atoms with E-state index in [0.29, 0.717) is 5.11 Å². The molecule has 0 atom stereocenters. The lowest BCUT2D eigenvalue weighted by molar-refractivity contribution is 0.378. The Bertz CT molecular complexity index is 425. The highest BCUT2D eigenvalue weighted by molar-refractivity contribution is 7.80. The van der Waals surface area contributed by atoms with Crippen LogP contribution < -0.4 is 10.6 Å². The molecule has 0 aliphatic heterocycles. The SMILES string of the molecule is CCC1(NC(=S)Nc2cccc(C)n2)CCCC1. The van der Waals surface area contributed by atoms with Crippen molar-refractivity contribution >= 4 is 23.1 Å². The summed E-state index contributed by atoms with van der Waals surface area (Å²) >= 11 is 5.39. The molecule has 4 heteroatoms. The number of anilines is 1. The summed E-state index contributed by atoms with van der Waals surface area (Å²) in [6.45, 7) is 4.21. The van der Waals surface area contributed by atoms with Gasteiger partial charge in [0.25, 0.3) is 0 Å². The molecule has 2 rings (SSSR count). The zero-order valence-electron chi connectivity index (χ0n) is 11.1. The highest BCUT2D eigenvalue weighted by Crippen LogP contribution is 2.32. The van der Waals surface area contributed by atoms with Crippen molar-refractivity contribution in [2.45, 2.75) is 51.5 Å². The molecule has 0 saturated heterocycles. The Labute approximate surface area is 114 Å². The molecule has 0 aromatic carbocycles. The molecule has 1 aliphatic rings. The van der Waals surface area contributed by atoms with E-state index < -0.39 is 0 Å². The van der Waals surface area contributed by atoms with Gasteiger partial charge < -0.3 is 10.6 Å². The largest absolute Gasteiger partial charge is 0.357 e. The van der Waals surface area contributed by atoms with Crippen LogP contribution in [0.1, 0.15) is 44.7 Å². The summed E-state index contributed by atoms with van der Waals surface area (Å²) in [5.41, 5.74) is 1.20. The predicted octanol–water partition coefficient (Wildman–Crippen LogP) is 3.40. The molecule has 0 spiro atoms. The van der Waals surface area contributed by atoms with E-state index >= 15 is 0 Å². The van der Waals surface area contributed by atoms with Crippen molar-refractivity contribution in [1.29, 1.82) is 0 Å².